The molecule has 0 radical (unpaired) electrons. The van der Waals surface area contributed by atoms with Crippen LogP contribution in [0, 0.1) is 5.92 Å². The largest absolute Gasteiger partial charge is 0.497 e. The molecule has 2 aromatic rings. The van der Waals surface area contributed by atoms with Crippen LogP contribution >= 0.6 is 0 Å². The summed E-state index contributed by atoms with van der Waals surface area (Å²) in [6.45, 7) is 1.51. The zero-order chi connectivity index (χ0) is 20.6. The lowest BCUT2D eigenvalue weighted by Crippen LogP contribution is -2.46. The van der Waals surface area contributed by atoms with Crippen molar-refractivity contribution in [1.29, 1.82) is 0 Å². The van der Waals surface area contributed by atoms with E-state index >= 15 is 0 Å². The number of carbonyl (C=O) groups is 2. The summed E-state index contributed by atoms with van der Waals surface area (Å²) >= 11 is 0. The maximum atomic E-state index is 12.6. The van der Waals surface area contributed by atoms with E-state index in [1.165, 1.54) is 0 Å². The average molecular weight is 397 g/mol. The Balaban J connectivity index is 1.50. The van der Waals surface area contributed by atoms with Crippen molar-refractivity contribution in [3.05, 3.63) is 54.1 Å². The first kappa shape index (κ1) is 20.5. The van der Waals surface area contributed by atoms with E-state index in [4.69, 9.17) is 9.47 Å². The Morgan fingerprint density at radius 1 is 1.00 bits per heavy atom. The second-order valence-corrected chi connectivity index (χ2v) is 7.01. The van der Waals surface area contributed by atoms with E-state index in [9.17, 15) is 9.59 Å². The first-order valence-corrected chi connectivity index (χ1v) is 9.69. The Morgan fingerprint density at radius 3 is 2.24 bits per heavy atom. The molecule has 1 aliphatic rings. The number of ether oxygens (including phenoxy) is 2. The number of piperidine rings is 1. The zero-order valence-electron chi connectivity index (χ0n) is 16.8. The molecule has 0 aromatic heterocycles. The van der Waals surface area contributed by atoms with Crippen LogP contribution in [0.5, 0.6) is 11.5 Å². The molecule has 154 valence electrons. The molecular formula is C22H27N3O4. The molecule has 29 heavy (non-hydrogen) atoms. The van der Waals surface area contributed by atoms with Crippen molar-refractivity contribution in [3.8, 4) is 11.5 Å². The van der Waals surface area contributed by atoms with Gasteiger partial charge in [-0.1, -0.05) is 12.1 Å². The van der Waals surface area contributed by atoms with E-state index in [-0.39, 0.29) is 17.9 Å². The van der Waals surface area contributed by atoms with Gasteiger partial charge < -0.3 is 25.0 Å². The van der Waals surface area contributed by atoms with Gasteiger partial charge in [-0.3, -0.25) is 4.79 Å². The number of hydrogen-bond donors (Lipinski definition) is 2. The quantitative estimate of drug-likeness (QED) is 0.784. The molecule has 2 N–H and O–H groups in total. The van der Waals surface area contributed by atoms with Crippen molar-refractivity contribution in [2.24, 2.45) is 5.92 Å². The molecule has 7 heteroatoms. The predicted molar refractivity (Wildman–Crippen MR) is 111 cm³/mol. The van der Waals surface area contributed by atoms with Crippen LogP contribution in [0.25, 0.3) is 0 Å². The fourth-order valence-electron chi connectivity index (χ4n) is 3.33. The summed E-state index contributed by atoms with van der Waals surface area (Å²) < 4.78 is 10.3. The lowest BCUT2D eigenvalue weighted by molar-refractivity contribution is -0.126. The first-order chi connectivity index (χ1) is 14.1. The third-order valence-corrected chi connectivity index (χ3v) is 5.05. The number of likely N-dealkylation sites (tertiary alicyclic amines) is 1. The Hall–Kier alpha value is -3.22. The van der Waals surface area contributed by atoms with Gasteiger partial charge in [0.25, 0.3) is 0 Å². The number of methoxy groups -OCH3 is 2. The zero-order valence-corrected chi connectivity index (χ0v) is 16.8. The number of urea groups is 1. The van der Waals surface area contributed by atoms with Gasteiger partial charge in [-0.25, -0.2) is 4.79 Å². The molecule has 0 bridgehead atoms. The van der Waals surface area contributed by atoms with E-state index in [0.29, 0.717) is 25.3 Å². The van der Waals surface area contributed by atoms with E-state index in [0.717, 1.165) is 29.9 Å². The summed E-state index contributed by atoms with van der Waals surface area (Å²) in [6.07, 6.45) is 1.58. The lowest BCUT2D eigenvalue weighted by atomic mass is 9.97. The number of nitrogens with one attached hydrogen (secondary N) is 2. The summed E-state index contributed by atoms with van der Waals surface area (Å²) in [6, 6.07) is 14.6. The van der Waals surface area contributed by atoms with Crippen LogP contribution in [-0.2, 0) is 11.3 Å². The Labute approximate surface area is 171 Å². The highest BCUT2D eigenvalue weighted by Gasteiger charge is 2.28. The Kier molecular flexibility index (Phi) is 6.94. The van der Waals surface area contributed by atoms with Crippen molar-refractivity contribution in [2.75, 3.05) is 32.6 Å². The number of amides is 3. The van der Waals surface area contributed by atoms with E-state index in [1.54, 1.807) is 43.4 Å². The van der Waals surface area contributed by atoms with Crippen molar-refractivity contribution in [3.63, 3.8) is 0 Å². The van der Waals surface area contributed by atoms with Crippen LogP contribution in [0.15, 0.2) is 48.5 Å². The van der Waals surface area contributed by atoms with Gasteiger partial charge in [0.1, 0.15) is 11.5 Å². The fraction of sp³-hybridized carbons (Fsp3) is 0.364. The smallest absolute Gasteiger partial charge is 0.321 e. The SMILES string of the molecule is COc1ccc(CNC(=O)C2CCCN(C(=O)Nc3ccc(OC)cc3)C2)cc1. The van der Waals surface area contributed by atoms with Crippen LogP contribution in [0.4, 0.5) is 10.5 Å². The number of hydrogen-bond acceptors (Lipinski definition) is 4. The molecule has 3 amide bonds. The van der Waals surface area contributed by atoms with E-state index in [2.05, 4.69) is 10.6 Å². The Bertz CT molecular complexity index is 821. The van der Waals surface area contributed by atoms with E-state index < -0.39 is 0 Å². The monoisotopic (exact) mass is 397 g/mol. The number of benzene rings is 2. The Morgan fingerprint density at radius 2 is 1.62 bits per heavy atom. The first-order valence-electron chi connectivity index (χ1n) is 9.69. The minimum Gasteiger partial charge on any atom is -0.497 e. The summed E-state index contributed by atoms with van der Waals surface area (Å²) in [5.74, 6) is 1.28. The highest BCUT2D eigenvalue weighted by molar-refractivity contribution is 5.90. The lowest BCUT2D eigenvalue weighted by Gasteiger charge is -2.32. The van der Waals surface area contributed by atoms with Crippen molar-refractivity contribution >= 4 is 17.6 Å². The standard InChI is InChI=1S/C22H27N3O4/c1-28-19-9-5-16(6-10-19)14-23-21(26)17-4-3-13-25(15-17)22(27)24-18-7-11-20(29-2)12-8-18/h5-12,17H,3-4,13-15H2,1-2H3,(H,23,26)(H,24,27). The molecule has 1 unspecified atom stereocenters. The molecule has 0 aliphatic carbocycles. The number of rotatable bonds is 6. The second-order valence-electron chi connectivity index (χ2n) is 7.01. The molecule has 1 saturated heterocycles. The minimum absolute atomic E-state index is 0.0252. The normalized spacial score (nSPS) is 16.1. The number of nitrogens with zero attached hydrogens (tertiary/aromatic N) is 1. The van der Waals surface area contributed by atoms with Crippen molar-refractivity contribution < 1.29 is 19.1 Å². The molecule has 3 rings (SSSR count). The van der Waals surface area contributed by atoms with Crippen LogP contribution < -0.4 is 20.1 Å². The maximum absolute atomic E-state index is 12.6. The molecule has 1 fully saturated rings. The summed E-state index contributed by atoms with van der Waals surface area (Å²) in [5, 5.41) is 5.85. The maximum Gasteiger partial charge on any atom is 0.321 e. The van der Waals surface area contributed by atoms with Gasteiger partial charge in [0.15, 0.2) is 0 Å². The topological polar surface area (TPSA) is 79.9 Å². The molecule has 1 atom stereocenters. The van der Waals surface area contributed by atoms with Crippen molar-refractivity contribution in [1.82, 2.24) is 10.2 Å². The van der Waals surface area contributed by atoms with Gasteiger partial charge in [0.2, 0.25) is 5.91 Å². The van der Waals surface area contributed by atoms with Gasteiger partial charge in [0.05, 0.1) is 20.1 Å². The van der Waals surface area contributed by atoms with Gasteiger partial charge in [-0.05, 0) is 54.8 Å². The summed E-state index contributed by atoms with van der Waals surface area (Å²) in [7, 11) is 3.22. The second kappa shape index (κ2) is 9.82. The fourth-order valence-corrected chi connectivity index (χ4v) is 3.33. The van der Waals surface area contributed by atoms with Crippen LogP contribution in [0.1, 0.15) is 18.4 Å². The van der Waals surface area contributed by atoms with Gasteiger partial charge in [-0.2, -0.15) is 0 Å². The molecule has 0 saturated carbocycles. The number of anilines is 1. The van der Waals surface area contributed by atoms with Gasteiger partial charge >= 0.3 is 6.03 Å². The van der Waals surface area contributed by atoms with Crippen LogP contribution in [0.3, 0.4) is 0 Å². The average Bonchev–Trinajstić information content (AvgIpc) is 2.78. The van der Waals surface area contributed by atoms with E-state index in [1.807, 2.05) is 24.3 Å². The van der Waals surface area contributed by atoms with Crippen LogP contribution in [-0.4, -0.2) is 44.1 Å². The third-order valence-electron chi connectivity index (χ3n) is 5.05. The molecule has 2 aromatic carbocycles. The summed E-state index contributed by atoms with van der Waals surface area (Å²) in [5.41, 5.74) is 1.70. The molecular weight excluding hydrogens is 370 g/mol. The van der Waals surface area contributed by atoms with Crippen LogP contribution in [0.2, 0.25) is 0 Å². The summed E-state index contributed by atoms with van der Waals surface area (Å²) in [4.78, 5) is 26.9. The third kappa shape index (κ3) is 5.63. The molecule has 1 heterocycles. The number of carbonyl (C=O) groups excluding carboxylic acids is 2. The van der Waals surface area contributed by atoms with Gasteiger partial charge in [-0.15, -0.1) is 0 Å². The van der Waals surface area contributed by atoms with Gasteiger partial charge in [0, 0.05) is 25.3 Å². The molecule has 7 nitrogen and oxygen atoms in total. The molecule has 1 aliphatic heterocycles. The predicted octanol–water partition coefficient (Wildman–Crippen LogP) is 3.26. The minimum atomic E-state index is -0.205. The highest BCUT2D eigenvalue weighted by Crippen LogP contribution is 2.20. The van der Waals surface area contributed by atoms with Crippen molar-refractivity contribution in [2.45, 2.75) is 19.4 Å². The highest BCUT2D eigenvalue weighted by atomic mass is 16.5. The molecule has 0 spiro atoms.